The summed E-state index contributed by atoms with van der Waals surface area (Å²) in [6, 6.07) is 67.6. The first-order valence-corrected chi connectivity index (χ1v) is 19.7. The van der Waals surface area contributed by atoms with E-state index in [0.29, 0.717) is 17.5 Å². The van der Waals surface area contributed by atoms with Crippen molar-refractivity contribution in [1.82, 2.24) is 33.9 Å². The third kappa shape index (κ3) is 5.29. The number of fused-ring (bicyclic) bond motifs is 8. The number of hydrogen-bond donors (Lipinski definition) is 0. The summed E-state index contributed by atoms with van der Waals surface area (Å²) >= 11 is 0. The highest BCUT2D eigenvalue weighted by atomic mass is 15.3. The Morgan fingerprint density at radius 3 is 1.42 bits per heavy atom. The number of nitrogens with zero attached hydrogens (tertiary/aromatic N) is 7. The smallest absolute Gasteiger partial charge is 0.164 e. The molecule has 0 spiro atoms. The van der Waals surface area contributed by atoms with Crippen LogP contribution in [-0.4, -0.2) is 33.9 Å². The summed E-state index contributed by atoms with van der Waals surface area (Å²) in [7, 11) is 0. The van der Waals surface area contributed by atoms with Crippen LogP contribution < -0.4 is 0 Å². The molecule has 0 radical (unpaired) electrons. The molecule has 0 aliphatic rings. The van der Waals surface area contributed by atoms with Crippen molar-refractivity contribution in [3.8, 4) is 51.2 Å². The van der Waals surface area contributed by atoms with E-state index >= 15 is 0 Å². The van der Waals surface area contributed by atoms with Gasteiger partial charge in [0.05, 0.1) is 39.5 Å². The first kappa shape index (κ1) is 33.0. The van der Waals surface area contributed by atoms with Crippen LogP contribution in [0.3, 0.4) is 0 Å². The van der Waals surface area contributed by atoms with Gasteiger partial charge in [-0.3, -0.25) is 0 Å². The van der Waals surface area contributed by atoms with E-state index in [1.165, 1.54) is 21.7 Å². The predicted octanol–water partition coefficient (Wildman–Crippen LogP) is 12.4. The molecule has 12 rings (SSSR count). The van der Waals surface area contributed by atoms with E-state index in [2.05, 4.69) is 147 Å². The van der Waals surface area contributed by atoms with Crippen LogP contribution in [0.2, 0.25) is 0 Å². The topological polar surface area (TPSA) is 66.3 Å². The van der Waals surface area contributed by atoms with Crippen molar-refractivity contribution in [2.45, 2.75) is 0 Å². The molecule has 59 heavy (non-hydrogen) atoms. The van der Waals surface area contributed by atoms with Gasteiger partial charge in [0.2, 0.25) is 0 Å². The number of rotatable bonds is 6. The lowest BCUT2D eigenvalue weighted by Gasteiger charge is -2.11. The second kappa shape index (κ2) is 13.2. The van der Waals surface area contributed by atoms with Gasteiger partial charge in [0, 0.05) is 55.0 Å². The standard InChI is InChI=1S/C52H33N7/c1-4-14-34(15-5-1)50-54-51(35-16-6-2-7-17-35)56-52(55-50)36-24-26-38(27-25-36)57-45-22-12-11-21-41(45)43-32-39(28-30-47(43)57)59-48-31-29-42-40-20-10-13-23-46(40)58(37-18-8-3-9-19-37)49(42)44(48)33-53-59/h1-33H. The van der Waals surface area contributed by atoms with Crippen molar-refractivity contribution in [3.05, 3.63) is 200 Å². The van der Waals surface area contributed by atoms with E-state index in [-0.39, 0.29) is 0 Å². The Morgan fingerprint density at radius 1 is 0.305 bits per heavy atom. The third-order valence-electron chi connectivity index (χ3n) is 11.4. The highest BCUT2D eigenvalue weighted by molar-refractivity contribution is 6.18. The minimum atomic E-state index is 0.629. The molecular weight excluding hydrogens is 723 g/mol. The molecule has 7 nitrogen and oxygen atoms in total. The molecule has 0 aliphatic heterocycles. The number of aromatic nitrogens is 7. The fourth-order valence-electron chi connectivity index (χ4n) is 8.68. The Morgan fingerprint density at radius 2 is 0.780 bits per heavy atom. The van der Waals surface area contributed by atoms with Crippen LogP contribution in [0, 0.1) is 0 Å². The molecule has 0 amide bonds. The second-order valence-corrected chi connectivity index (χ2v) is 14.8. The Kier molecular flexibility index (Phi) is 7.40. The van der Waals surface area contributed by atoms with Crippen LogP contribution in [0.4, 0.5) is 0 Å². The summed E-state index contributed by atoms with van der Waals surface area (Å²) in [6.07, 6.45) is 2.02. The van der Waals surface area contributed by atoms with Crippen molar-refractivity contribution < 1.29 is 0 Å². The average molecular weight is 756 g/mol. The minimum Gasteiger partial charge on any atom is -0.309 e. The first-order chi connectivity index (χ1) is 29.3. The molecule has 0 aliphatic carbocycles. The first-order valence-electron chi connectivity index (χ1n) is 19.7. The molecule has 4 aromatic heterocycles. The molecular formula is C52H33N7. The molecule has 0 unspecified atom stereocenters. The second-order valence-electron chi connectivity index (χ2n) is 14.8. The summed E-state index contributed by atoms with van der Waals surface area (Å²) in [5.41, 5.74) is 11.6. The zero-order valence-electron chi connectivity index (χ0n) is 31.7. The SMILES string of the molecule is c1ccc(-c2nc(-c3ccccc3)nc(-c3ccc(-n4c5ccccc5c5cc(-n6ncc7c6ccc6c8ccccc8n(-c8ccccc8)c67)ccc54)cc3)n2)cc1. The largest absolute Gasteiger partial charge is 0.309 e. The predicted molar refractivity (Wildman–Crippen MR) is 239 cm³/mol. The Labute approximate surface area is 338 Å². The van der Waals surface area contributed by atoms with E-state index in [0.717, 1.165) is 66.6 Å². The summed E-state index contributed by atoms with van der Waals surface area (Å²) in [5.74, 6) is 1.92. The number of para-hydroxylation sites is 3. The van der Waals surface area contributed by atoms with Crippen molar-refractivity contribution in [2.24, 2.45) is 0 Å². The van der Waals surface area contributed by atoms with Gasteiger partial charge in [-0.05, 0) is 78.9 Å². The molecule has 7 heteroatoms. The van der Waals surface area contributed by atoms with Gasteiger partial charge in [-0.2, -0.15) is 5.10 Å². The molecule has 4 heterocycles. The maximum absolute atomic E-state index is 5.04. The highest BCUT2D eigenvalue weighted by Gasteiger charge is 2.19. The highest BCUT2D eigenvalue weighted by Crippen LogP contribution is 2.39. The molecule has 0 atom stereocenters. The zero-order valence-corrected chi connectivity index (χ0v) is 31.7. The number of benzene rings is 8. The lowest BCUT2D eigenvalue weighted by atomic mass is 10.1. The van der Waals surface area contributed by atoms with Crippen LogP contribution in [0.1, 0.15) is 0 Å². The molecule has 276 valence electrons. The van der Waals surface area contributed by atoms with E-state index in [1.807, 2.05) is 66.9 Å². The number of hydrogen-bond acceptors (Lipinski definition) is 4. The normalized spacial score (nSPS) is 11.7. The zero-order chi connectivity index (χ0) is 38.9. The average Bonchev–Trinajstić information content (AvgIpc) is 4.00. The molecule has 0 fully saturated rings. The van der Waals surface area contributed by atoms with Crippen LogP contribution in [0.15, 0.2) is 200 Å². The third-order valence-corrected chi connectivity index (χ3v) is 11.4. The Balaban J connectivity index is 0.974. The van der Waals surface area contributed by atoms with E-state index in [9.17, 15) is 0 Å². The quantitative estimate of drug-likeness (QED) is 0.169. The van der Waals surface area contributed by atoms with Gasteiger partial charge in [0.15, 0.2) is 17.5 Å². The van der Waals surface area contributed by atoms with Crippen molar-refractivity contribution >= 4 is 54.5 Å². The molecule has 0 N–H and O–H groups in total. The molecule has 0 saturated heterocycles. The molecule has 0 bridgehead atoms. The van der Waals surface area contributed by atoms with Gasteiger partial charge >= 0.3 is 0 Å². The minimum absolute atomic E-state index is 0.629. The van der Waals surface area contributed by atoms with Gasteiger partial charge < -0.3 is 9.13 Å². The van der Waals surface area contributed by atoms with Crippen LogP contribution in [0.5, 0.6) is 0 Å². The van der Waals surface area contributed by atoms with E-state index in [4.69, 9.17) is 20.1 Å². The van der Waals surface area contributed by atoms with Crippen molar-refractivity contribution in [2.75, 3.05) is 0 Å². The lowest BCUT2D eigenvalue weighted by Crippen LogP contribution is -2.00. The maximum atomic E-state index is 5.04. The summed E-state index contributed by atoms with van der Waals surface area (Å²) in [4.78, 5) is 14.8. The van der Waals surface area contributed by atoms with Gasteiger partial charge in [0.25, 0.3) is 0 Å². The molecule has 0 saturated carbocycles. The Hall–Kier alpha value is -8.16. The summed E-state index contributed by atoms with van der Waals surface area (Å²) in [6.45, 7) is 0. The monoisotopic (exact) mass is 755 g/mol. The van der Waals surface area contributed by atoms with Crippen LogP contribution >= 0.6 is 0 Å². The van der Waals surface area contributed by atoms with Gasteiger partial charge in [0.1, 0.15) is 0 Å². The van der Waals surface area contributed by atoms with Crippen LogP contribution in [0.25, 0.3) is 106 Å². The van der Waals surface area contributed by atoms with E-state index < -0.39 is 0 Å². The molecule has 8 aromatic carbocycles. The van der Waals surface area contributed by atoms with Gasteiger partial charge in [-0.25, -0.2) is 19.6 Å². The van der Waals surface area contributed by atoms with Gasteiger partial charge in [-0.15, -0.1) is 0 Å². The maximum Gasteiger partial charge on any atom is 0.164 e. The van der Waals surface area contributed by atoms with Gasteiger partial charge in [-0.1, -0.05) is 115 Å². The fourth-order valence-corrected chi connectivity index (χ4v) is 8.68. The fraction of sp³-hybridized carbons (Fsp3) is 0. The van der Waals surface area contributed by atoms with Crippen LogP contribution in [-0.2, 0) is 0 Å². The van der Waals surface area contributed by atoms with Crippen molar-refractivity contribution in [1.29, 1.82) is 0 Å². The Bertz CT molecular complexity index is 3470. The summed E-state index contributed by atoms with van der Waals surface area (Å²) in [5, 5.41) is 10.9. The summed E-state index contributed by atoms with van der Waals surface area (Å²) < 4.78 is 6.77. The molecule has 12 aromatic rings. The van der Waals surface area contributed by atoms with E-state index in [1.54, 1.807) is 0 Å². The lowest BCUT2D eigenvalue weighted by molar-refractivity contribution is 0.912. The van der Waals surface area contributed by atoms with Crippen molar-refractivity contribution in [3.63, 3.8) is 0 Å².